The molecule has 1 aromatic carbocycles. The van der Waals surface area contributed by atoms with Crippen LogP contribution in [0.1, 0.15) is 36.5 Å². The number of hydrogen-bond donors (Lipinski definition) is 4. The Morgan fingerprint density at radius 3 is 2.58 bits per heavy atom. The third-order valence-electron chi connectivity index (χ3n) is 6.19. The van der Waals surface area contributed by atoms with Crippen LogP contribution < -0.4 is 25.4 Å². The van der Waals surface area contributed by atoms with Gasteiger partial charge in [-0.3, -0.25) is 4.98 Å². The minimum Gasteiger partial charge on any atom is -0.490 e. The number of aromatic nitrogens is 3. The molecular weight excluding hydrogens is 506 g/mol. The monoisotopic (exact) mass is 541 g/mol. The fourth-order valence-corrected chi connectivity index (χ4v) is 5.22. The van der Waals surface area contributed by atoms with E-state index >= 15 is 0 Å². The zero-order valence-electron chi connectivity index (χ0n) is 21.7. The first-order valence-electron chi connectivity index (χ1n) is 12.7. The van der Waals surface area contributed by atoms with E-state index in [1.165, 1.54) is 0 Å². The maximum atomic E-state index is 13.6. The molecule has 0 atom stereocenters. The molecule has 0 amide bonds. The number of hydrogen-bond acceptors (Lipinski definition) is 10. The van der Waals surface area contributed by atoms with Crippen molar-refractivity contribution in [3.05, 3.63) is 59.4 Å². The molecule has 5 N–H and O–H groups in total. The molecule has 38 heavy (non-hydrogen) atoms. The highest BCUT2D eigenvalue weighted by Crippen LogP contribution is 2.32. The molecular formula is C26H35N7O4S. The van der Waals surface area contributed by atoms with Gasteiger partial charge in [0.15, 0.2) is 5.82 Å². The van der Waals surface area contributed by atoms with Gasteiger partial charge in [-0.1, -0.05) is 24.6 Å². The number of aliphatic hydroxyl groups excluding tert-OH is 1. The summed E-state index contributed by atoms with van der Waals surface area (Å²) >= 11 is 0. The Morgan fingerprint density at radius 1 is 1.16 bits per heavy atom. The van der Waals surface area contributed by atoms with Crippen molar-refractivity contribution >= 4 is 27.6 Å². The van der Waals surface area contributed by atoms with Crippen molar-refractivity contribution in [3.8, 4) is 5.75 Å². The first-order chi connectivity index (χ1) is 18.3. The molecule has 1 saturated carbocycles. The number of rotatable bonds is 14. The van der Waals surface area contributed by atoms with Gasteiger partial charge in [0, 0.05) is 24.8 Å². The summed E-state index contributed by atoms with van der Waals surface area (Å²) in [5, 5.41) is 15.6. The smallest absolute Gasteiger partial charge is 0.266 e. The summed E-state index contributed by atoms with van der Waals surface area (Å²) in [6.07, 6.45) is 6.05. The Bertz CT molecular complexity index is 1330. The lowest BCUT2D eigenvalue weighted by molar-refractivity contribution is 0.201. The number of nitrogens with one attached hydrogen (secondary N) is 2. The summed E-state index contributed by atoms with van der Waals surface area (Å²) in [4.78, 5) is 13.7. The number of ether oxygens (including phenoxy) is 1. The van der Waals surface area contributed by atoms with E-state index < -0.39 is 10.0 Å². The van der Waals surface area contributed by atoms with E-state index in [0.717, 1.165) is 28.3 Å². The zero-order valence-corrected chi connectivity index (χ0v) is 22.5. The second kappa shape index (κ2) is 12.4. The molecule has 0 saturated heterocycles. The van der Waals surface area contributed by atoms with Crippen LogP contribution in [-0.2, 0) is 23.0 Å². The molecule has 2 aromatic heterocycles. The molecule has 3 aromatic rings. The van der Waals surface area contributed by atoms with Crippen molar-refractivity contribution in [2.45, 2.75) is 44.6 Å². The van der Waals surface area contributed by atoms with Crippen LogP contribution in [0.25, 0.3) is 0 Å². The van der Waals surface area contributed by atoms with Gasteiger partial charge in [-0.25, -0.2) is 12.7 Å². The maximum absolute atomic E-state index is 13.6. The van der Waals surface area contributed by atoms with Gasteiger partial charge in [0.25, 0.3) is 10.0 Å². The Kier molecular flexibility index (Phi) is 8.97. The molecule has 0 unspecified atom stereocenters. The fourth-order valence-electron chi connectivity index (χ4n) is 3.91. The van der Waals surface area contributed by atoms with Crippen molar-refractivity contribution in [1.82, 2.24) is 15.0 Å². The van der Waals surface area contributed by atoms with Crippen molar-refractivity contribution in [1.29, 1.82) is 0 Å². The molecule has 1 fully saturated rings. The molecule has 1 aliphatic carbocycles. The minimum atomic E-state index is -3.97. The highest BCUT2D eigenvalue weighted by molar-refractivity contribution is 7.92. The Hall–Kier alpha value is -3.48. The molecule has 0 spiro atoms. The highest BCUT2D eigenvalue weighted by atomic mass is 32.2. The van der Waals surface area contributed by atoms with E-state index in [9.17, 15) is 8.42 Å². The zero-order chi connectivity index (χ0) is 27.1. The quantitative estimate of drug-likeness (QED) is 0.224. The average molecular weight is 542 g/mol. The van der Waals surface area contributed by atoms with Gasteiger partial charge in [0.2, 0.25) is 5.95 Å². The summed E-state index contributed by atoms with van der Waals surface area (Å²) in [6.45, 7) is 4.70. The number of pyridine rings is 1. The van der Waals surface area contributed by atoms with Gasteiger partial charge in [-0.15, -0.1) is 0 Å². The molecule has 11 nitrogen and oxygen atoms in total. The van der Waals surface area contributed by atoms with Crippen LogP contribution in [0.3, 0.4) is 0 Å². The number of nitrogens with zero attached hydrogens (tertiary/aromatic N) is 4. The maximum Gasteiger partial charge on any atom is 0.266 e. The molecule has 0 radical (unpaired) electrons. The lowest BCUT2D eigenvalue weighted by Gasteiger charge is -2.26. The van der Waals surface area contributed by atoms with Crippen LogP contribution in [0.4, 0.5) is 17.6 Å². The fraction of sp³-hybridized carbons (Fsp3) is 0.423. The molecule has 204 valence electrons. The van der Waals surface area contributed by atoms with Gasteiger partial charge >= 0.3 is 0 Å². The van der Waals surface area contributed by atoms with E-state index in [-0.39, 0.29) is 30.6 Å². The van der Waals surface area contributed by atoms with Crippen molar-refractivity contribution < 1.29 is 18.3 Å². The van der Waals surface area contributed by atoms with Crippen molar-refractivity contribution in [3.63, 3.8) is 0 Å². The molecule has 2 heterocycles. The number of nitrogens with two attached hydrogens (primary N) is 1. The van der Waals surface area contributed by atoms with E-state index in [1.807, 2.05) is 19.9 Å². The summed E-state index contributed by atoms with van der Waals surface area (Å²) in [7, 11) is -3.97. The van der Waals surface area contributed by atoms with Crippen LogP contribution >= 0.6 is 0 Å². The van der Waals surface area contributed by atoms with Crippen LogP contribution in [0.15, 0.2) is 47.6 Å². The summed E-state index contributed by atoms with van der Waals surface area (Å²) < 4.78 is 33.9. The van der Waals surface area contributed by atoms with Crippen molar-refractivity contribution in [2.24, 2.45) is 11.7 Å². The van der Waals surface area contributed by atoms with E-state index in [0.29, 0.717) is 48.5 Å². The van der Waals surface area contributed by atoms with Gasteiger partial charge in [-0.05, 0) is 55.9 Å². The molecule has 0 aliphatic heterocycles. The normalized spacial score (nSPS) is 13.3. The van der Waals surface area contributed by atoms with Gasteiger partial charge in [-0.2, -0.15) is 9.97 Å². The largest absolute Gasteiger partial charge is 0.490 e. The van der Waals surface area contributed by atoms with E-state index in [4.69, 9.17) is 20.6 Å². The number of anilines is 3. The number of aryl methyl sites for hydroxylation is 1. The Morgan fingerprint density at radius 2 is 1.92 bits per heavy atom. The second-order valence-corrected chi connectivity index (χ2v) is 11.0. The lowest BCUT2D eigenvalue weighted by atomic mass is 10.2. The minimum absolute atomic E-state index is 0.0914. The number of aliphatic hydroxyl groups is 1. The average Bonchev–Trinajstić information content (AvgIpc) is 3.75. The van der Waals surface area contributed by atoms with Gasteiger partial charge < -0.3 is 26.2 Å². The predicted octanol–water partition coefficient (Wildman–Crippen LogP) is 2.66. The summed E-state index contributed by atoms with van der Waals surface area (Å²) in [6, 6.07) is 8.48. The van der Waals surface area contributed by atoms with E-state index in [1.54, 1.807) is 36.7 Å². The third kappa shape index (κ3) is 6.69. The summed E-state index contributed by atoms with van der Waals surface area (Å²) in [5.74, 6) is 2.20. The second-order valence-electron chi connectivity index (χ2n) is 9.18. The van der Waals surface area contributed by atoms with Crippen LogP contribution in [0.5, 0.6) is 5.75 Å². The molecule has 12 heteroatoms. The third-order valence-corrected chi connectivity index (χ3v) is 7.96. The topological polar surface area (TPSA) is 156 Å². The first-order valence-corrected chi connectivity index (χ1v) is 14.2. The van der Waals surface area contributed by atoms with Crippen molar-refractivity contribution in [2.75, 3.05) is 41.4 Å². The Labute approximate surface area is 223 Å². The first kappa shape index (κ1) is 27.6. The lowest BCUT2D eigenvalue weighted by Crippen LogP contribution is -2.37. The number of benzene rings is 1. The number of sulfonamides is 1. The highest BCUT2D eigenvalue weighted by Gasteiger charge is 2.29. The predicted molar refractivity (Wildman–Crippen MR) is 147 cm³/mol. The molecule has 0 bridgehead atoms. The van der Waals surface area contributed by atoms with Crippen LogP contribution in [-0.4, -0.2) is 54.9 Å². The van der Waals surface area contributed by atoms with Crippen LogP contribution in [0, 0.1) is 12.8 Å². The van der Waals surface area contributed by atoms with Gasteiger partial charge in [0.05, 0.1) is 24.4 Å². The Balaban J connectivity index is 1.69. The van der Waals surface area contributed by atoms with Gasteiger partial charge in [0.1, 0.15) is 18.2 Å². The molecule has 4 rings (SSSR count). The van der Waals surface area contributed by atoms with Crippen LogP contribution in [0.2, 0.25) is 0 Å². The summed E-state index contributed by atoms with van der Waals surface area (Å²) in [5.41, 5.74) is 8.46. The van der Waals surface area contributed by atoms with E-state index in [2.05, 4.69) is 20.6 Å². The molecule has 1 aliphatic rings. The standard InChI is InChI=1S/C26H35N7O4S/c1-3-23-24(29-15-20-12-21(16-28-13-20)37-11-10-34)31-26(30-14-19-6-7-19)32-25(23)33(17-27)38(35,36)22-8-4-18(2)5-9-22/h4-5,8-9,12-13,16,19,34H,3,6-7,10-11,14-15,17,27H2,1-2H3,(H2,29,30,31,32). The SMILES string of the molecule is CCc1c(NCc2cncc(OCCO)c2)nc(NCC2CC2)nc1N(CN)S(=O)(=O)c1ccc(C)cc1.